The molecule has 0 saturated heterocycles. The lowest BCUT2D eigenvalue weighted by Crippen LogP contribution is -2.39. The fourth-order valence-electron chi connectivity index (χ4n) is 1.98. The highest BCUT2D eigenvalue weighted by Gasteiger charge is 2.14. The molecule has 0 fully saturated rings. The molecule has 0 bridgehead atoms. The van der Waals surface area contributed by atoms with Crippen molar-refractivity contribution in [3.8, 4) is 0 Å². The molecule has 0 aliphatic rings. The van der Waals surface area contributed by atoms with Crippen molar-refractivity contribution in [3.63, 3.8) is 0 Å². The van der Waals surface area contributed by atoms with Gasteiger partial charge in [-0.1, -0.05) is 0 Å². The summed E-state index contributed by atoms with van der Waals surface area (Å²) in [7, 11) is 0. The smallest absolute Gasteiger partial charge is 0.269 e. The molecule has 6 heteroatoms. The van der Waals surface area contributed by atoms with Crippen LogP contribution >= 0.6 is 0 Å². The van der Waals surface area contributed by atoms with Crippen molar-refractivity contribution in [2.75, 3.05) is 0 Å². The van der Waals surface area contributed by atoms with Gasteiger partial charge in [-0.25, -0.2) is 0 Å². The molecule has 0 aliphatic heterocycles. The molecule has 21 heavy (non-hydrogen) atoms. The number of hydrogen-bond donors (Lipinski definition) is 2. The van der Waals surface area contributed by atoms with Gasteiger partial charge in [0.2, 0.25) is 0 Å². The molecule has 0 saturated carbocycles. The summed E-state index contributed by atoms with van der Waals surface area (Å²) in [4.78, 5) is 21.9. The number of nitrogens with zero attached hydrogens (tertiary/aromatic N) is 1. The van der Waals surface area contributed by atoms with Crippen molar-refractivity contribution in [2.45, 2.75) is 38.8 Å². The zero-order chi connectivity index (χ0) is 16.0. The van der Waals surface area contributed by atoms with E-state index in [0.29, 0.717) is 5.56 Å². The third-order valence-corrected chi connectivity index (χ3v) is 2.81. The van der Waals surface area contributed by atoms with Crippen LogP contribution in [0.3, 0.4) is 0 Å². The van der Waals surface area contributed by atoms with Crippen LogP contribution in [-0.2, 0) is 0 Å². The Hall–Kier alpha value is -2.21. The quantitative estimate of drug-likeness (QED) is 0.348. The maximum absolute atomic E-state index is 11.9. The lowest BCUT2D eigenvalue weighted by atomic mass is 9.98. The molecule has 1 aromatic carbocycles. The largest absolute Gasteiger partial charge is 0.388 e. The van der Waals surface area contributed by atoms with E-state index in [4.69, 9.17) is 5.73 Å². The van der Waals surface area contributed by atoms with Gasteiger partial charge in [-0.05, 0) is 39.3 Å². The standard InChI is InChI=1S/C15H21N3O3/c1-11(10-15(2,3)16)17-9-8-14(19)12-4-6-13(7-5-12)18(20)21/h4-9,11,17H,10,16H2,1-3H3/b9-8-. The van der Waals surface area contributed by atoms with Crippen LogP contribution in [0, 0.1) is 10.1 Å². The number of nitro benzene ring substituents is 1. The minimum atomic E-state index is -0.498. The molecule has 0 radical (unpaired) electrons. The van der Waals surface area contributed by atoms with Crippen molar-refractivity contribution in [1.82, 2.24) is 5.32 Å². The number of hydrogen-bond acceptors (Lipinski definition) is 5. The summed E-state index contributed by atoms with van der Waals surface area (Å²) in [5, 5.41) is 13.6. The van der Waals surface area contributed by atoms with Gasteiger partial charge in [0.15, 0.2) is 5.78 Å². The van der Waals surface area contributed by atoms with Crippen molar-refractivity contribution >= 4 is 11.5 Å². The second kappa shape index (κ2) is 6.99. The summed E-state index contributed by atoms with van der Waals surface area (Å²) in [6, 6.07) is 5.65. The van der Waals surface area contributed by atoms with Gasteiger partial charge in [-0.2, -0.15) is 0 Å². The van der Waals surface area contributed by atoms with Crippen molar-refractivity contribution in [3.05, 3.63) is 52.2 Å². The molecule has 0 spiro atoms. The number of rotatable bonds is 7. The van der Waals surface area contributed by atoms with Crippen molar-refractivity contribution < 1.29 is 9.72 Å². The predicted molar refractivity (Wildman–Crippen MR) is 82.0 cm³/mol. The number of benzene rings is 1. The van der Waals surface area contributed by atoms with Gasteiger partial charge in [-0.15, -0.1) is 0 Å². The van der Waals surface area contributed by atoms with E-state index in [1.165, 1.54) is 30.3 Å². The minimum absolute atomic E-state index is 0.0348. The van der Waals surface area contributed by atoms with Gasteiger partial charge >= 0.3 is 0 Å². The van der Waals surface area contributed by atoms with E-state index in [-0.39, 0.29) is 23.1 Å². The third kappa shape index (κ3) is 6.18. The Morgan fingerprint density at radius 1 is 1.43 bits per heavy atom. The van der Waals surface area contributed by atoms with Crippen LogP contribution < -0.4 is 11.1 Å². The predicted octanol–water partition coefficient (Wildman–Crippen LogP) is 2.40. The Kier molecular flexibility index (Phi) is 5.60. The zero-order valence-electron chi connectivity index (χ0n) is 12.5. The first kappa shape index (κ1) is 16.8. The molecule has 1 rings (SSSR count). The van der Waals surface area contributed by atoms with E-state index in [2.05, 4.69) is 5.32 Å². The molecule has 6 nitrogen and oxygen atoms in total. The summed E-state index contributed by atoms with van der Waals surface area (Å²) in [5.41, 5.74) is 6.01. The van der Waals surface area contributed by atoms with Crippen LogP contribution in [0.1, 0.15) is 37.6 Å². The van der Waals surface area contributed by atoms with Crippen LogP contribution in [0.25, 0.3) is 0 Å². The van der Waals surface area contributed by atoms with E-state index < -0.39 is 4.92 Å². The van der Waals surface area contributed by atoms with Gasteiger partial charge < -0.3 is 11.1 Å². The van der Waals surface area contributed by atoms with E-state index in [0.717, 1.165) is 6.42 Å². The van der Waals surface area contributed by atoms with Gasteiger partial charge in [0.1, 0.15) is 0 Å². The number of carbonyl (C=O) groups excluding carboxylic acids is 1. The molecule has 0 amide bonds. The Bertz CT molecular complexity index is 530. The van der Waals surface area contributed by atoms with Crippen molar-refractivity contribution in [2.24, 2.45) is 5.73 Å². The summed E-state index contributed by atoms with van der Waals surface area (Å²) < 4.78 is 0. The zero-order valence-corrected chi connectivity index (χ0v) is 12.5. The van der Waals surface area contributed by atoms with Crippen LogP contribution in [0.4, 0.5) is 5.69 Å². The number of carbonyl (C=O) groups is 1. The van der Waals surface area contributed by atoms with Crippen LogP contribution in [0.2, 0.25) is 0 Å². The molecule has 1 unspecified atom stereocenters. The second-order valence-electron chi connectivity index (χ2n) is 5.76. The first-order valence-electron chi connectivity index (χ1n) is 6.69. The van der Waals surface area contributed by atoms with Gasteiger partial charge in [0.05, 0.1) is 4.92 Å². The number of non-ortho nitro benzene ring substituents is 1. The van der Waals surface area contributed by atoms with E-state index in [9.17, 15) is 14.9 Å². The third-order valence-electron chi connectivity index (χ3n) is 2.81. The number of nitro groups is 1. The number of nitrogens with two attached hydrogens (primary N) is 1. The number of nitrogens with one attached hydrogen (secondary N) is 1. The Balaban J connectivity index is 2.56. The van der Waals surface area contributed by atoms with Gasteiger partial charge in [-0.3, -0.25) is 14.9 Å². The molecule has 1 aromatic rings. The highest BCUT2D eigenvalue weighted by molar-refractivity contribution is 6.04. The lowest BCUT2D eigenvalue weighted by molar-refractivity contribution is -0.384. The molecule has 0 aromatic heterocycles. The Morgan fingerprint density at radius 2 is 2.00 bits per heavy atom. The highest BCUT2D eigenvalue weighted by Crippen LogP contribution is 2.12. The summed E-state index contributed by atoms with van der Waals surface area (Å²) in [5.74, 6) is -0.211. The van der Waals surface area contributed by atoms with Crippen LogP contribution in [-0.4, -0.2) is 22.3 Å². The van der Waals surface area contributed by atoms with Gasteiger partial charge in [0.25, 0.3) is 5.69 Å². The normalized spacial score (nSPS) is 13.1. The molecule has 1 atom stereocenters. The molecular formula is C15H21N3O3. The first-order chi connectivity index (χ1) is 9.69. The van der Waals surface area contributed by atoms with E-state index in [1.54, 1.807) is 6.20 Å². The molecule has 3 N–H and O–H groups in total. The SMILES string of the molecule is CC(CC(C)(C)N)N/C=C\C(=O)c1ccc([N+](=O)[O-])cc1. The summed E-state index contributed by atoms with van der Waals surface area (Å²) in [6.45, 7) is 5.86. The first-order valence-corrected chi connectivity index (χ1v) is 6.69. The van der Waals surface area contributed by atoms with E-state index in [1.807, 2.05) is 20.8 Å². The average Bonchev–Trinajstić information content (AvgIpc) is 2.36. The summed E-state index contributed by atoms with van der Waals surface area (Å²) in [6.07, 6.45) is 3.75. The maximum atomic E-state index is 11.9. The van der Waals surface area contributed by atoms with Crippen LogP contribution in [0.15, 0.2) is 36.5 Å². The average molecular weight is 291 g/mol. The fraction of sp³-hybridized carbons (Fsp3) is 0.400. The number of ketones is 1. The topological polar surface area (TPSA) is 98.3 Å². The Morgan fingerprint density at radius 3 is 2.48 bits per heavy atom. The molecule has 0 heterocycles. The second-order valence-corrected chi connectivity index (χ2v) is 5.76. The van der Waals surface area contributed by atoms with E-state index >= 15 is 0 Å². The monoisotopic (exact) mass is 291 g/mol. The Labute approximate surface area is 124 Å². The molecular weight excluding hydrogens is 270 g/mol. The fourth-order valence-corrected chi connectivity index (χ4v) is 1.98. The van der Waals surface area contributed by atoms with Crippen LogP contribution in [0.5, 0.6) is 0 Å². The lowest BCUT2D eigenvalue weighted by Gasteiger charge is -2.23. The minimum Gasteiger partial charge on any atom is -0.388 e. The molecule has 114 valence electrons. The highest BCUT2D eigenvalue weighted by atomic mass is 16.6. The van der Waals surface area contributed by atoms with Crippen molar-refractivity contribution in [1.29, 1.82) is 0 Å². The summed E-state index contributed by atoms with van der Waals surface area (Å²) >= 11 is 0. The van der Waals surface area contributed by atoms with Gasteiger partial charge in [0, 0.05) is 41.6 Å². The number of allylic oxidation sites excluding steroid dienone is 1. The molecule has 0 aliphatic carbocycles. The maximum Gasteiger partial charge on any atom is 0.269 e.